The minimum absolute atomic E-state index is 0.278. The van der Waals surface area contributed by atoms with Crippen molar-refractivity contribution in [3.63, 3.8) is 0 Å². The third-order valence-electron chi connectivity index (χ3n) is 3.07. The maximum Gasteiger partial charge on any atom is 0.231 e. The largest absolute Gasteiger partial charge is 0.456 e. The topological polar surface area (TPSA) is 27.7 Å². The van der Waals surface area contributed by atoms with Crippen LogP contribution in [0.15, 0.2) is 41.8 Å². The lowest BCUT2D eigenvalue weighted by Gasteiger charge is -2.04. The molecule has 0 spiro atoms. The molecule has 0 atom stereocenters. The van der Waals surface area contributed by atoms with Crippen LogP contribution in [0.1, 0.15) is 0 Å². The fourth-order valence-electron chi connectivity index (χ4n) is 2.10. The van der Waals surface area contributed by atoms with E-state index in [1.54, 1.807) is 23.5 Å². The van der Waals surface area contributed by atoms with E-state index in [1.807, 2.05) is 29.6 Å². The second-order valence-corrected chi connectivity index (χ2v) is 5.71. The first-order valence-corrected chi connectivity index (χ1v) is 7.30. The van der Waals surface area contributed by atoms with Gasteiger partial charge in [0, 0.05) is 26.6 Å². The van der Waals surface area contributed by atoms with Gasteiger partial charge in [-0.15, -0.1) is 11.3 Å². The second kappa shape index (κ2) is 4.58. The van der Waals surface area contributed by atoms with E-state index in [4.69, 9.17) is 25.8 Å². The van der Waals surface area contributed by atoms with E-state index in [0.717, 1.165) is 33.1 Å². The van der Waals surface area contributed by atoms with E-state index in [0.29, 0.717) is 5.02 Å². The molecular formula is C15H9ClO3S. The summed E-state index contributed by atoms with van der Waals surface area (Å²) in [5.74, 6) is 3.12. The van der Waals surface area contributed by atoms with Crippen molar-refractivity contribution in [2.75, 3.05) is 6.79 Å². The Morgan fingerprint density at radius 3 is 2.60 bits per heavy atom. The van der Waals surface area contributed by atoms with Crippen LogP contribution in [0, 0.1) is 0 Å². The lowest BCUT2D eigenvalue weighted by Crippen LogP contribution is -1.92. The van der Waals surface area contributed by atoms with Crippen LogP contribution in [-0.4, -0.2) is 6.79 Å². The van der Waals surface area contributed by atoms with E-state index in [1.165, 1.54) is 0 Å². The molecule has 2 aromatic carbocycles. The zero-order valence-electron chi connectivity index (χ0n) is 10.3. The highest BCUT2D eigenvalue weighted by Gasteiger charge is 2.17. The van der Waals surface area contributed by atoms with E-state index in [9.17, 15) is 0 Å². The first kappa shape index (κ1) is 11.9. The molecule has 0 aliphatic carbocycles. The van der Waals surface area contributed by atoms with E-state index in [2.05, 4.69) is 0 Å². The summed E-state index contributed by atoms with van der Waals surface area (Å²) in [4.78, 5) is 0. The molecule has 3 aromatic rings. The van der Waals surface area contributed by atoms with Gasteiger partial charge in [-0.25, -0.2) is 0 Å². The van der Waals surface area contributed by atoms with Crippen molar-refractivity contribution in [2.24, 2.45) is 0 Å². The average molecular weight is 305 g/mol. The van der Waals surface area contributed by atoms with Crippen molar-refractivity contribution in [1.29, 1.82) is 0 Å². The van der Waals surface area contributed by atoms with Gasteiger partial charge in [0.2, 0.25) is 6.79 Å². The average Bonchev–Trinajstić information content (AvgIpc) is 3.06. The van der Waals surface area contributed by atoms with Gasteiger partial charge < -0.3 is 14.2 Å². The number of thiophene rings is 1. The monoisotopic (exact) mass is 304 g/mol. The van der Waals surface area contributed by atoms with E-state index < -0.39 is 0 Å². The minimum atomic E-state index is 0.278. The summed E-state index contributed by atoms with van der Waals surface area (Å²) >= 11 is 7.48. The zero-order chi connectivity index (χ0) is 13.5. The van der Waals surface area contributed by atoms with Crippen molar-refractivity contribution in [3.05, 3.63) is 46.8 Å². The fourth-order valence-corrected chi connectivity index (χ4v) is 3.10. The molecule has 0 radical (unpaired) electrons. The Bertz CT molecular complexity index is 780. The van der Waals surface area contributed by atoms with Crippen molar-refractivity contribution in [1.82, 2.24) is 0 Å². The van der Waals surface area contributed by atoms with Gasteiger partial charge in [0.05, 0.1) is 0 Å². The number of fused-ring (bicyclic) bond motifs is 2. The predicted octanol–water partition coefficient (Wildman–Crippen LogP) is 5.08. The van der Waals surface area contributed by atoms with Crippen LogP contribution < -0.4 is 14.2 Å². The van der Waals surface area contributed by atoms with Crippen LogP contribution in [0.4, 0.5) is 0 Å². The molecule has 2 heterocycles. The van der Waals surface area contributed by atoms with Crippen molar-refractivity contribution in [3.8, 4) is 23.0 Å². The molecule has 100 valence electrons. The van der Waals surface area contributed by atoms with Gasteiger partial charge in [-0.05, 0) is 30.3 Å². The minimum Gasteiger partial charge on any atom is -0.456 e. The standard InChI is InChI=1S/C15H9ClO3S/c16-9-1-3-10(4-2-9)19-14-7-20-15-6-13-12(5-11(14)15)17-8-18-13/h1-7H,8H2. The Labute approximate surface area is 124 Å². The van der Waals surface area contributed by atoms with Crippen molar-refractivity contribution >= 4 is 33.0 Å². The molecule has 1 aromatic heterocycles. The zero-order valence-corrected chi connectivity index (χ0v) is 11.8. The first-order chi connectivity index (χ1) is 9.79. The van der Waals surface area contributed by atoms with Crippen LogP contribution in [-0.2, 0) is 0 Å². The quantitative estimate of drug-likeness (QED) is 0.661. The SMILES string of the molecule is Clc1ccc(Oc2csc3cc4c(cc23)OCO4)cc1. The third kappa shape index (κ3) is 1.97. The van der Waals surface area contributed by atoms with E-state index in [-0.39, 0.29) is 6.79 Å². The third-order valence-corrected chi connectivity index (χ3v) is 4.25. The predicted molar refractivity (Wildman–Crippen MR) is 79.5 cm³/mol. The molecule has 0 saturated heterocycles. The summed E-state index contributed by atoms with van der Waals surface area (Å²) < 4.78 is 17.8. The molecule has 0 unspecified atom stereocenters. The molecule has 0 fully saturated rings. The van der Waals surface area contributed by atoms with Gasteiger partial charge in [0.1, 0.15) is 11.5 Å². The maximum absolute atomic E-state index is 5.90. The Morgan fingerprint density at radius 1 is 1.05 bits per heavy atom. The second-order valence-electron chi connectivity index (χ2n) is 4.36. The maximum atomic E-state index is 5.90. The summed E-state index contributed by atoms with van der Waals surface area (Å²) in [6.45, 7) is 0.278. The summed E-state index contributed by atoms with van der Waals surface area (Å²) in [5.41, 5.74) is 0. The number of ether oxygens (including phenoxy) is 3. The summed E-state index contributed by atoms with van der Waals surface area (Å²) in [5, 5.41) is 3.69. The van der Waals surface area contributed by atoms with Crippen molar-refractivity contribution in [2.45, 2.75) is 0 Å². The Kier molecular flexibility index (Phi) is 2.72. The van der Waals surface area contributed by atoms with E-state index >= 15 is 0 Å². The molecule has 0 N–H and O–H groups in total. The Hall–Kier alpha value is -1.91. The van der Waals surface area contributed by atoms with Crippen LogP contribution in [0.2, 0.25) is 5.02 Å². The molecule has 1 aliphatic heterocycles. The molecule has 3 nitrogen and oxygen atoms in total. The molecular weight excluding hydrogens is 296 g/mol. The smallest absolute Gasteiger partial charge is 0.231 e. The van der Waals surface area contributed by atoms with Gasteiger partial charge in [0.15, 0.2) is 11.5 Å². The molecule has 0 amide bonds. The van der Waals surface area contributed by atoms with Crippen LogP contribution >= 0.6 is 22.9 Å². The highest BCUT2D eigenvalue weighted by molar-refractivity contribution is 7.17. The Morgan fingerprint density at radius 2 is 1.80 bits per heavy atom. The number of hydrogen-bond donors (Lipinski definition) is 0. The Balaban J connectivity index is 1.74. The fraction of sp³-hybridized carbons (Fsp3) is 0.0667. The molecule has 0 bridgehead atoms. The summed E-state index contributed by atoms with van der Waals surface area (Å²) in [6.07, 6.45) is 0. The molecule has 4 rings (SSSR count). The molecule has 1 aliphatic rings. The highest BCUT2D eigenvalue weighted by atomic mass is 35.5. The van der Waals surface area contributed by atoms with Crippen molar-refractivity contribution < 1.29 is 14.2 Å². The summed E-state index contributed by atoms with van der Waals surface area (Å²) in [7, 11) is 0. The lowest BCUT2D eigenvalue weighted by molar-refractivity contribution is 0.174. The lowest BCUT2D eigenvalue weighted by atomic mass is 10.2. The van der Waals surface area contributed by atoms with Gasteiger partial charge in [-0.1, -0.05) is 11.6 Å². The molecule has 20 heavy (non-hydrogen) atoms. The molecule has 0 saturated carbocycles. The van der Waals surface area contributed by atoms with Gasteiger partial charge in [-0.2, -0.15) is 0 Å². The normalized spacial score (nSPS) is 12.8. The first-order valence-electron chi connectivity index (χ1n) is 6.04. The number of halogens is 1. The van der Waals surface area contributed by atoms with Gasteiger partial charge in [-0.3, -0.25) is 0 Å². The van der Waals surface area contributed by atoms with Crippen LogP contribution in [0.3, 0.4) is 0 Å². The number of hydrogen-bond acceptors (Lipinski definition) is 4. The number of benzene rings is 2. The number of rotatable bonds is 2. The van der Waals surface area contributed by atoms with Gasteiger partial charge in [0.25, 0.3) is 0 Å². The van der Waals surface area contributed by atoms with Gasteiger partial charge >= 0.3 is 0 Å². The summed E-state index contributed by atoms with van der Waals surface area (Å²) in [6, 6.07) is 11.2. The van der Waals surface area contributed by atoms with Crippen LogP contribution in [0.25, 0.3) is 10.1 Å². The van der Waals surface area contributed by atoms with Crippen LogP contribution in [0.5, 0.6) is 23.0 Å². The highest BCUT2D eigenvalue weighted by Crippen LogP contribution is 2.43. The molecule has 5 heteroatoms.